The van der Waals surface area contributed by atoms with E-state index in [1.54, 1.807) is 44.2 Å². The van der Waals surface area contributed by atoms with Crippen molar-refractivity contribution in [3.8, 4) is 0 Å². The van der Waals surface area contributed by atoms with E-state index in [4.69, 9.17) is 0 Å². The molecule has 1 atom stereocenters. The van der Waals surface area contributed by atoms with Gasteiger partial charge in [0.25, 0.3) is 0 Å². The molecule has 0 aliphatic rings. The number of carbonyl (C=O) groups excluding carboxylic acids is 1. The zero-order valence-electron chi connectivity index (χ0n) is 10.2. The SMILES string of the molecule is CC(C)(C[C@@](O)(C=O)C(F)(F)F)c1ccccc1. The Morgan fingerprint density at radius 1 is 1.17 bits per heavy atom. The van der Waals surface area contributed by atoms with Crippen LogP contribution in [0, 0.1) is 0 Å². The number of hydrogen-bond acceptors (Lipinski definition) is 2. The molecule has 0 saturated carbocycles. The van der Waals surface area contributed by atoms with Crippen molar-refractivity contribution in [1.82, 2.24) is 0 Å². The average Bonchev–Trinajstić information content (AvgIpc) is 2.28. The second-order valence-corrected chi connectivity index (χ2v) is 4.97. The zero-order valence-corrected chi connectivity index (χ0v) is 10.2. The lowest BCUT2D eigenvalue weighted by atomic mass is 9.75. The van der Waals surface area contributed by atoms with E-state index in [1.807, 2.05) is 0 Å². The molecule has 0 heterocycles. The molecule has 1 N–H and O–H groups in total. The van der Waals surface area contributed by atoms with Gasteiger partial charge in [-0.1, -0.05) is 44.2 Å². The van der Waals surface area contributed by atoms with Crippen LogP contribution in [0.15, 0.2) is 30.3 Å². The van der Waals surface area contributed by atoms with E-state index >= 15 is 0 Å². The van der Waals surface area contributed by atoms with Crippen LogP contribution in [0.25, 0.3) is 0 Å². The third kappa shape index (κ3) is 2.90. The van der Waals surface area contributed by atoms with E-state index in [2.05, 4.69) is 0 Å². The number of aldehydes is 1. The van der Waals surface area contributed by atoms with Crippen LogP contribution in [-0.4, -0.2) is 23.2 Å². The lowest BCUT2D eigenvalue weighted by molar-refractivity contribution is -0.250. The van der Waals surface area contributed by atoms with Crippen LogP contribution < -0.4 is 0 Å². The minimum atomic E-state index is -4.97. The van der Waals surface area contributed by atoms with Gasteiger partial charge in [0.15, 0.2) is 6.29 Å². The van der Waals surface area contributed by atoms with Gasteiger partial charge in [-0.05, 0) is 11.0 Å². The Morgan fingerprint density at radius 3 is 2.06 bits per heavy atom. The first-order chi connectivity index (χ1) is 8.12. The molecular formula is C13H15F3O2. The largest absolute Gasteiger partial charge is 0.424 e. The summed E-state index contributed by atoms with van der Waals surface area (Å²) in [5.74, 6) is 0. The Labute approximate surface area is 103 Å². The molecule has 0 unspecified atom stereocenters. The summed E-state index contributed by atoms with van der Waals surface area (Å²) in [6.07, 6.45) is -6.12. The average molecular weight is 260 g/mol. The third-order valence-electron chi connectivity index (χ3n) is 2.95. The van der Waals surface area contributed by atoms with Gasteiger partial charge in [0.2, 0.25) is 5.60 Å². The van der Waals surface area contributed by atoms with Crippen LogP contribution in [-0.2, 0) is 10.2 Å². The standard InChI is InChI=1S/C13H15F3O2/c1-11(2,10-6-4-3-5-7-10)8-12(18,9-17)13(14,15)16/h3-7,9,18H,8H2,1-2H3/t12-/m1/s1. The Kier molecular flexibility index (Phi) is 3.86. The predicted octanol–water partition coefficient (Wildman–Crippen LogP) is 2.85. The Balaban J connectivity index is 3.05. The Morgan fingerprint density at radius 2 is 1.67 bits per heavy atom. The monoisotopic (exact) mass is 260 g/mol. The summed E-state index contributed by atoms with van der Waals surface area (Å²) < 4.78 is 38.0. The van der Waals surface area contributed by atoms with Crippen molar-refractivity contribution in [2.24, 2.45) is 0 Å². The van der Waals surface area contributed by atoms with E-state index in [9.17, 15) is 23.1 Å². The van der Waals surface area contributed by atoms with E-state index in [1.165, 1.54) is 0 Å². The number of hydrogen-bond donors (Lipinski definition) is 1. The molecule has 1 aromatic rings. The number of rotatable bonds is 4. The highest BCUT2D eigenvalue weighted by Gasteiger charge is 2.56. The van der Waals surface area contributed by atoms with Crippen LogP contribution in [0.3, 0.4) is 0 Å². The van der Waals surface area contributed by atoms with Crippen molar-refractivity contribution < 1.29 is 23.1 Å². The molecule has 1 rings (SSSR count). The quantitative estimate of drug-likeness (QED) is 0.845. The van der Waals surface area contributed by atoms with Crippen LogP contribution in [0.1, 0.15) is 25.8 Å². The highest BCUT2D eigenvalue weighted by atomic mass is 19.4. The minimum absolute atomic E-state index is 0.433. The number of alkyl halides is 3. The first kappa shape index (κ1) is 14.7. The van der Waals surface area contributed by atoms with Crippen molar-refractivity contribution in [3.05, 3.63) is 35.9 Å². The molecule has 100 valence electrons. The van der Waals surface area contributed by atoms with Crippen molar-refractivity contribution in [3.63, 3.8) is 0 Å². The Bertz CT molecular complexity index is 412. The van der Waals surface area contributed by atoms with Crippen LogP contribution in [0.5, 0.6) is 0 Å². The molecule has 0 aromatic heterocycles. The molecule has 5 heteroatoms. The molecule has 0 fully saturated rings. The maximum absolute atomic E-state index is 12.7. The minimum Gasteiger partial charge on any atom is -0.374 e. The van der Waals surface area contributed by atoms with Gasteiger partial charge in [0, 0.05) is 6.42 Å². The summed E-state index contributed by atoms with van der Waals surface area (Å²) in [6, 6.07) is 8.48. The molecular weight excluding hydrogens is 245 g/mol. The molecule has 0 amide bonds. The van der Waals surface area contributed by atoms with E-state index < -0.39 is 29.9 Å². The van der Waals surface area contributed by atoms with Gasteiger partial charge in [-0.15, -0.1) is 0 Å². The molecule has 0 saturated heterocycles. The fourth-order valence-electron chi connectivity index (χ4n) is 1.87. The molecule has 2 nitrogen and oxygen atoms in total. The van der Waals surface area contributed by atoms with Crippen molar-refractivity contribution >= 4 is 6.29 Å². The summed E-state index contributed by atoms with van der Waals surface area (Å²) in [5, 5.41) is 9.46. The number of halogens is 3. The van der Waals surface area contributed by atoms with Gasteiger partial charge in [-0.3, -0.25) is 4.79 Å². The van der Waals surface area contributed by atoms with Gasteiger partial charge >= 0.3 is 6.18 Å². The smallest absolute Gasteiger partial charge is 0.374 e. The van der Waals surface area contributed by atoms with Gasteiger partial charge in [0.05, 0.1) is 0 Å². The maximum Gasteiger partial charge on any atom is 0.424 e. The molecule has 1 aromatic carbocycles. The topological polar surface area (TPSA) is 37.3 Å². The van der Waals surface area contributed by atoms with Crippen LogP contribution >= 0.6 is 0 Å². The van der Waals surface area contributed by atoms with Gasteiger partial charge in [0.1, 0.15) is 0 Å². The van der Waals surface area contributed by atoms with Crippen molar-refractivity contribution in [1.29, 1.82) is 0 Å². The number of aliphatic hydroxyl groups is 1. The van der Waals surface area contributed by atoms with Crippen LogP contribution in [0.4, 0.5) is 13.2 Å². The van der Waals surface area contributed by atoms with E-state index in [0.29, 0.717) is 5.56 Å². The molecule has 0 radical (unpaired) electrons. The summed E-state index contributed by atoms with van der Waals surface area (Å²) >= 11 is 0. The predicted molar refractivity (Wildman–Crippen MR) is 61.2 cm³/mol. The van der Waals surface area contributed by atoms with Gasteiger partial charge in [-0.2, -0.15) is 13.2 Å². The second-order valence-electron chi connectivity index (χ2n) is 4.97. The highest BCUT2D eigenvalue weighted by Crippen LogP contribution is 2.39. The fraction of sp³-hybridized carbons (Fsp3) is 0.462. The van der Waals surface area contributed by atoms with E-state index in [0.717, 1.165) is 0 Å². The lowest BCUT2D eigenvalue weighted by Gasteiger charge is -2.34. The van der Waals surface area contributed by atoms with Gasteiger partial charge in [-0.25, -0.2) is 0 Å². The summed E-state index contributed by atoms with van der Waals surface area (Å²) in [4.78, 5) is 10.6. The fourth-order valence-corrected chi connectivity index (χ4v) is 1.87. The molecule has 0 aliphatic carbocycles. The van der Waals surface area contributed by atoms with Gasteiger partial charge < -0.3 is 5.11 Å². The molecule has 0 aliphatic heterocycles. The Hall–Kier alpha value is -1.36. The number of carbonyl (C=O) groups is 1. The zero-order chi connectivity index (χ0) is 14.0. The van der Waals surface area contributed by atoms with E-state index in [-0.39, 0.29) is 0 Å². The molecule has 18 heavy (non-hydrogen) atoms. The summed E-state index contributed by atoms with van der Waals surface area (Å²) in [7, 11) is 0. The van der Waals surface area contributed by atoms with Crippen molar-refractivity contribution in [2.45, 2.75) is 37.5 Å². The highest BCUT2D eigenvalue weighted by molar-refractivity contribution is 5.64. The summed E-state index contributed by atoms with van der Waals surface area (Å²) in [5.41, 5.74) is -3.65. The first-order valence-electron chi connectivity index (χ1n) is 5.43. The third-order valence-corrected chi connectivity index (χ3v) is 2.95. The maximum atomic E-state index is 12.7. The second kappa shape index (κ2) is 4.72. The van der Waals surface area contributed by atoms with Crippen molar-refractivity contribution in [2.75, 3.05) is 0 Å². The molecule has 0 bridgehead atoms. The molecule has 0 spiro atoms. The lowest BCUT2D eigenvalue weighted by Crippen LogP contribution is -2.50. The van der Waals surface area contributed by atoms with Crippen LogP contribution in [0.2, 0.25) is 0 Å². The number of benzene rings is 1. The summed E-state index contributed by atoms with van der Waals surface area (Å²) in [6.45, 7) is 3.12. The normalized spacial score (nSPS) is 16.1. The first-order valence-corrected chi connectivity index (χ1v) is 5.43.